The Morgan fingerprint density at radius 1 is 1.29 bits per heavy atom. The van der Waals surface area contributed by atoms with Gasteiger partial charge in [-0.05, 0) is 18.3 Å². The number of aliphatic hydroxyl groups excluding tert-OH is 1. The Morgan fingerprint density at radius 3 is 2.29 bits per heavy atom. The molecule has 1 amide bonds. The molecule has 0 radical (unpaired) electrons. The van der Waals surface area contributed by atoms with Crippen molar-refractivity contribution in [1.82, 2.24) is 0 Å². The number of nitrogens with two attached hydrogens (primary N) is 1. The highest BCUT2D eigenvalue weighted by atomic mass is 16.6. The van der Waals surface area contributed by atoms with Crippen LogP contribution in [0.4, 0.5) is 4.79 Å². The summed E-state index contributed by atoms with van der Waals surface area (Å²) in [4.78, 5) is 11.1. The number of rotatable bonds is 9. The van der Waals surface area contributed by atoms with Gasteiger partial charge in [0.2, 0.25) is 0 Å². The van der Waals surface area contributed by atoms with Crippen LogP contribution >= 0.6 is 0 Å². The fourth-order valence-corrected chi connectivity index (χ4v) is 2.79. The number of carbonyl (C=O) groups is 1. The van der Waals surface area contributed by atoms with Gasteiger partial charge in [-0.3, -0.25) is 0 Å². The molecule has 4 heteroatoms. The molecule has 0 aliphatic rings. The first-order chi connectivity index (χ1) is 9.70. The maximum atomic E-state index is 11.1. The largest absolute Gasteiger partial charge is 0.445 e. The molecule has 0 aliphatic heterocycles. The Morgan fingerprint density at radius 2 is 1.86 bits per heavy atom. The first-order valence-corrected chi connectivity index (χ1v) is 7.64. The quantitative estimate of drug-likeness (QED) is 0.640. The summed E-state index contributed by atoms with van der Waals surface area (Å²) in [6, 6.07) is 0. The van der Waals surface area contributed by atoms with Gasteiger partial charge in [0.1, 0.15) is 6.10 Å². The zero-order valence-electron chi connectivity index (χ0n) is 14.0. The van der Waals surface area contributed by atoms with Crippen molar-refractivity contribution in [3.63, 3.8) is 0 Å². The van der Waals surface area contributed by atoms with E-state index < -0.39 is 18.3 Å². The van der Waals surface area contributed by atoms with E-state index in [9.17, 15) is 9.90 Å². The maximum absolute atomic E-state index is 11.1. The second kappa shape index (κ2) is 9.61. The summed E-state index contributed by atoms with van der Waals surface area (Å²) < 4.78 is 5.24. The Hall–Kier alpha value is -1.29. The highest BCUT2D eigenvalue weighted by Gasteiger charge is 2.33. The van der Waals surface area contributed by atoms with Crippen LogP contribution in [-0.4, -0.2) is 23.4 Å². The molecular formula is C17H31NO3. The molecule has 3 N–H and O–H groups in total. The molecule has 0 rings (SSSR count). The Kier molecular flexibility index (Phi) is 9.02. The predicted molar refractivity (Wildman–Crippen MR) is 86.7 cm³/mol. The average Bonchev–Trinajstić information content (AvgIpc) is 2.39. The van der Waals surface area contributed by atoms with Crippen LogP contribution in [0.25, 0.3) is 0 Å². The second-order valence-electron chi connectivity index (χ2n) is 6.34. The van der Waals surface area contributed by atoms with Crippen molar-refractivity contribution in [3.05, 3.63) is 24.8 Å². The minimum absolute atomic E-state index is 0.0496. The van der Waals surface area contributed by atoms with Gasteiger partial charge in [0.25, 0.3) is 0 Å². The molecule has 122 valence electrons. The molecule has 0 aromatic heterocycles. The molecule has 21 heavy (non-hydrogen) atoms. The number of carbonyl (C=O) groups excluding carboxylic acids is 1. The van der Waals surface area contributed by atoms with Crippen molar-refractivity contribution in [2.24, 2.45) is 29.4 Å². The molecule has 0 saturated carbocycles. The van der Waals surface area contributed by atoms with Crippen molar-refractivity contribution < 1.29 is 14.6 Å². The molecule has 0 unspecified atom stereocenters. The van der Waals surface area contributed by atoms with Crippen molar-refractivity contribution in [2.75, 3.05) is 0 Å². The van der Waals surface area contributed by atoms with E-state index in [2.05, 4.69) is 20.4 Å². The van der Waals surface area contributed by atoms with E-state index in [1.165, 1.54) is 0 Å². The highest BCUT2D eigenvalue weighted by Crippen LogP contribution is 2.27. The van der Waals surface area contributed by atoms with Crippen LogP contribution in [-0.2, 0) is 4.74 Å². The number of aliphatic hydroxyl groups is 1. The average molecular weight is 297 g/mol. The Balaban J connectivity index is 4.99. The highest BCUT2D eigenvalue weighted by molar-refractivity contribution is 5.64. The van der Waals surface area contributed by atoms with Crippen LogP contribution < -0.4 is 5.73 Å². The topological polar surface area (TPSA) is 72.5 Å². The molecule has 4 nitrogen and oxygen atoms in total. The van der Waals surface area contributed by atoms with E-state index in [1.807, 2.05) is 26.8 Å². The molecule has 0 aromatic carbocycles. The maximum Gasteiger partial charge on any atom is 0.404 e. The third kappa shape index (κ3) is 7.32. The van der Waals surface area contributed by atoms with Crippen LogP contribution in [0.15, 0.2) is 24.8 Å². The lowest BCUT2D eigenvalue weighted by Crippen LogP contribution is -2.41. The van der Waals surface area contributed by atoms with Gasteiger partial charge in [-0.15, -0.1) is 0 Å². The van der Waals surface area contributed by atoms with Gasteiger partial charge in [-0.2, -0.15) is 0 Å². The summed E-state index contributed by atoms with van der Waals surface area (Å²) in [7, 11) is 0. The van der Waals surface area contributed by atoms with Crippen LogP contribution in [0.1, 0.15) is 41.0 Å². The van der Waals surface area contributed by atoms with E-state index in [0.29, 0.717) is 5.92 Å². The fraction of sp³-hybridized carbons (Fsp3) is 0.706. The lowest BCUT2D eigenvalue weighted by Gasteiger charge is -2.33. The normalized spacial score (nSPS) is 19.0. The van der Waals surface area contributed by atoms with Gasteiger partial charge >= 0.3 is 6.09 Å². The Labute approximate surface area is 129 Å². The zero-order chi connectivity index (χ0) is 16.6. The summed E-state index contributed by atoms with van der Waals surface area (Å²) >= 11 is 0. The van der Waals surface area contributed by atoms with Gasteiger partial charge < -0.3 is 15.6 Å². The molecule has 0 aliphatic carbocycles. The minimum atomic E-state index is -0.811. The third-order valence-corrected chi connectivity index (χ3v) is 3.80. The van der Waals surface area contributed by atoms with Crippen LogP contribution in [0, 0.1) is 23.7 Å². The number of amides is 1. The number of hydrogen-bond donors (Lipinski definition) is 2. The van der Waals surface area contributed by atoms with Crippen molar-refractivity contribution in [3.8, 4) is 0 Å². The fourth-order valence-electron chi connectivity index (χ4n) is 2.79. The van der Waals surface area contributed by atoms with Gasteiger partial charge in [-0.25, -0.2) is 4.79 Å². The molecular weight excluding hydrogens is 266 g/mol. The molecule has 0 heterocycles. The smallest absolute Gasteiger partial charge is 0.404 e. The summed E-state index contributed by atoms with van der Waals surface area (Å²) in [5.74, 6) is 0.395. The van der Waals surface area contributed by atoms with Crippen molar-refractivity contribution >= 4 is 6.09 Å². The summed E-state index contributed by atoms with van der Waals surface area (Å²) in [6.45, 7) is 13.7. The van der Waals surface area contributed by atoms with Crippen molar-refractivity contribution in [2.45, 2.75) is 53.2 Å². The van der Waals surface area contributed by atoms with Crippen molar-refractivity contribution in [1.29, 1.82) is 0 Å². The van der Waals surface area contributed by atoms with Gasteiger partial charge in [0.15, 0.2) is 0 Å². The van der Waals surface area contributed by atoms with Crippen LogP contribution in [0.3, 0.4) is 0 Å². The van der Waals surface area contributed by atoms with E-state index in [1.54, 1.807) is 12.2 Å². The number of primary amides is 1. The van der Waals surface area contributed by atoms with E-state index >= 15 is 0 Å². The second-order valence-corrected chi connectivity index (χ2v) is 6.34. The van der Waals surface area contributed by atoms with E-state index in [-0.39, 0.29) is 17.8 Å². The monoisotopic (exact) mass is 297 g/mol. The molecule has 0 saturated heterocycles. The zero-order valence-corrected chi connectivity index (χ0v) is 14.0. The molecule has 0 fully saturated rings. The number of hydrogen-bond acceptors (Lipinski definition) is 3. The standard InChI is InChI=1S/C17H31NO3/c1-7-8-9-12(4)16(21-17(18)20)14(6)15(19)13(5)10-11(2)3/h7-9,11-16,19H,1,10H2,2-6H3,(H2,18,20)/b9-8-/t12-,13-,14-,15+,16-/m0/s1. The summed E-state index contributed by atoms with van der Waals surface area (Å²) in [6.07, 6.45) is 4.48. The van der Waals surface area contributed by atoms with Gasteiger partial charge in [-0.1, -0.05) is 59.4 Å². The lowest BCUT2D eigenvalue weighted by atomic mass is 9.81. The predicted octanol–water partition coefficient (Wildman–Crippen LogP) is 3.51. The van der Waals surface area contributed by atoms with Gasteiger partial charge in [0, 0.05) is 11.8 Å². The summed E-state index contributed by atoms with van der Waals surface area (Å²) in [5, 5.41) is 10.5. The lowest BCUT2D eigenvalue weighted by molar-refractivity contribution is -0.0300. The molecule has 5 atom stereocenters. The minimum Gasteiger partial charge on any atom is -0.445 e. The third-order valence-electron chi connectivity index (χ3n) is 3.80. The van der Waals surface area contributed by atoms with Gasteiger partial charge in [0.05, 0.1) is 6.10 Å². The first kappa shape index (κ1) is 19.7. The molecule has 0 bridgehead atoms. The SMILES string of the molecule is C=C/C=C\[C@H](C)[C@H](OC(N)=O)[C@@H](C)[C@H](O)[C@@H](C)CC(C)C. The first-order valence-electron chi connectivity index (χ1n) is 7.64. The molecule has 0 spiro atoms. The Bertz CT molecular complexity index is 352. The summed E-state index contributed by atoms with van der Waals surface area (Å²) in [5.41, 5.74) is 5.17. The van der Waals surface area contributed by atoms with Crippen LogP contribution in [0.5, 0.6) is 0 Å². The van der Waals surface area contributed by atoms with E-state index in [0.717, 1.165) is 6.42 Å². The van der Waals surface area contributed by atoms with E-state index in [4.69, 9.17) is 10.5 Å². The number of ether oxygens (including phenoxy) is 1. The van der Waals surface area contributed by atoms with Crippen LogP contribution in [0.2, 0.25) is 0 Å². The number of allylic oxidation sites excluding steroid dienone is 2. The molecule has 0 aromatic rings.